The van der Waals surface area contributed by atoms with Crippen LogP contribution in [-0.2, 0) is 16.1 Å². The SMILES string of the molecule is C[C@H](NC(=O)N(CCO)Cc1ccccc1)C(=O)OC(C)(C)C. The van der Waals surface area contributed by atoms with E-state index in [0.29, 0.717) is 6.54 Å². The van der Waals surface area contributed by atoms with Crippen LogP contribution in [0.1, 0.15) is 33.3 Å². The van der Waals surface area contributed by atoms with Gasteiger partial charge in [-0.15, -0.1) is 0 Å². The predicted octanol–water partition coefficient (Wildman–Crippen LogP) is 1.92. The third-order valence-corrected chi connectivity index (χ3v) is 2.97. The molecular weight excluding hydrogens is 296 g/mol. The summed E-state index contributed by atoms with van der Waals surface area (Å²) in [6.07, 6.45) is 0. The van der Waals surface area contributed by atoms with Gasteiger partial charge in [-0.25, -0.2) is 9.59 Å². The minimum atomic E-state index is -0.765. The molecule has 0 fully saturated rings. The number of aliphatic hydroxyl groups excluding tert-OH is 1. The zero-order valence-corrected chi connectivity index (χ0v) is 14.2. The fourth-order valence-electron chi connectivity index (χ4n) is 1.90. The summed E-state index contributed by atoms with van der Waals surface area (Å²) in [6.45, 7) is 7.27. The van der Waals surface area contributed by atoms with E-state index in [4.69, 9.17) is 9.84 Å². The van der Waals surface area contributed by atoms with Crippen LogP contribution in [0, 0.1) is 0 Å². The average Bonchev–Trinajstić information content (AvgIpc) is 2.46. The highest BCUT2D eigenvalue weighted by molar-refractivity contribution is 5.83. The van der Waals surface area contributed by atoms with Crippen molar-refractivity contribution in [3.05, 3.63) is 35.9 Å². The first-order valence-corrected chi connectivity index (χ1v) is 7.66. The normalized spacial score (nSPS) is 12.4. The molecule has 0 aliphatic heterocycles. The minimum absolute atomic E-state index is 0.152. The molecule has 1 aromatic carbocycles. The van der Waals surface area contributed by atoms with Crippen LogP contribution >= 0.6 is 0 Å². The van der Waals surface area contributed by atoms with E-state index in [2.05, 4.69) is 5.32 Å². The Morgan fingerprint density at radius 2 is 1.87 bits per heavy atom. The Kier molecular flexibility index (Phi) is 7.03. The molecular formula is C17H26N2O4. The molecule has 0 unspecified atom stereocenters. The molecule has 23 heavy (non-hydrogen) atoms. The van der Waals surface area contributed by atoms with Crippen LogP contribution in [0.15, 0.2) is 30.3 Å². The van der Waals surface area contributed by atoms with E-state index in [1.54, 1.807) is 27.7 Å². The molecule has 6 nitrogen and oxygen atoms in total. The highest BCUT2D eigenvalue weighted by Crippen LogP contribution is 2.09. The van der Waals surface area contributed by atoms with Crippen molar-refractivity contribution in [1.82, 2.24) is 10.2 Å². The van der Waals surface area contributed by atoms with Gasteiger partial charge in [-0.2, -0.15) is 0 Å². The fourth-order valence-corrected chi connectivity index (χ4v) is 1.90. The molecule has 2 N–H and O–H groups in total. The van der Waals surface area contributed by atoms with Crippen LogP contribution in [0.3, 0.4) is 0 Å². The van der Waals surface area contributed by atoms with E-state index >= 15 is 0 Å². The van der Waals surface area contributed by atoms with Gasteiger partial charge >= 0.3 is 12.0 Å². The summed E-state index contributed by atoms with van der Waals surface area (Å²) in [4.78, 5) is 25.7. The first-order valence-electron chi connectivity index (χ1n) is 7.66. The molecule has 0 bridgehead atoms. The Bertz CT molecular complexity index is 511. The van der Waals surface area contributed by atoms with Crippen molar-refractivity contribution < 1.29 is 19.4 Å². The number of hydrogen-bond acceptors (Lipinski definition) is 4. The number of benzene rings is 1. The van der Waals surface area contributed by atoms with Gasteiger partial charge in [0.15, 0.2) is 0 Å². The van der Waals surface area contributed by atoms with Gasteiger partial charge in [0.1, 0.15) is 11.6 Å². The van der Waals surface area contributed by atoms with Crippen molar-refractivity contribution in [2.75, 3.05) is 13.2 Å². The van der Waals surface area contributed by atoms with Crippen LogP contribution < -0.4 is 5.32 Å². The Morgan fingerprint density at radius 3 is 2.39 bits per heavy atom. The van der Waals surface area contributed by atoms with Gasteiger partial charge in [0.2, 0.25) is 0 Å². The van der Waals surface area contributed by atoms with E-state index in [9.17, 15) is 9.59 Å². The van der Waals surface area contributed by atoms with Crippen molar-refractivity contribution in [3.63, 3.8) is 0 Å². The lowest BCUT2D eigenvalue weighted by molar-refractivity contribution is -0.156. The summed E-state index contributed by atoms with van der Waals surface area (Å²) >= 11 is 0. The molecule has 0 aromatic heterocycles. The molecule has 2 amide bonds. The monoisotopic (exact) mass is 322 g/mol. The summed E-state index contributed by atoms with van der Waals surface area (Å²) < 4.78 is 5.24. The van der Waals surface area contributed by atoms with E-state index < -0.39 is 23.6 Å². The number of hydrogen-bond donors (Lipinski definition) is 2. The maximum Gasteiger partial charge on any atom is 0.328 e. The van der Waals surface area contributed by atoms with E-state index in [0.717, 1.165) is 5.56 Å². The molecule has 0 saturated heterocycles. The third-order valence-electron chi connectivity index (χ3n) is 2.97. The lowest BCUT2D eigenvalue weighted by atomic mass is 10.2. The number of ether oxygens (including phenoxy) is 1. The standard InChI is InChI=1S/C17H26N2O4/c1-13(15(21)23-17(2,3)4)18-16(22)19(10-11-20)12-14-8-6-5-7-9-14/h5-9,13,20H,10-12H2,1-4H3,(H,18,22)/t13-/m0/s1. The smallest absolute Gasteiger partial charge is 0.328 e. The third kappa shape index (κ3) is 7.15. The second-order valence-electron chi connectivity index (χ2n) is 6.34. The zero-order chi connectivity index (χ0) is 17.5. The molecule has 6 heteroatoms. The van der Waals surface area contributed by atoms with Gasteiger partial charge in [-0.05, 0) is 33.3 Å². The second-order valence-corrected chi connectivity index (χ2v) is 6.34. The largest absolute Gasteiger partial charge is 0.458 e. The number of carbonyl (C=O) groups is 2. The molecule has 0 aliphatic carbocycles. The quantitative estimate of drug-likeness (QED) is 0.784. The molecule has 1 rings (SSSR count). The van der Waals surface area contributed by atoms with Gasteiger partial charge in [0.25, 0.3) is 0 Å². The van der Waals surface area contributed by atoms with Crippen LogP contribution in [0.4, 0.5) is 4.79 Å². The molecule has 0 saturated carbocycles. The van der Waals surface area contributed by atoms with E-state index in [1.165, 1.54) is 4.90 Å². The highest BCUT2D eigenvalue weighted by atomic mass is 16.6. The number of urea groups is 1. The maximum atomic E-state index is 12.3. The first-order chi connectivity index (χ1) is 10.7. The Hall–Kier alpha value is -2.08. The fraction of sp³-hybridized carbons (Fsp3) is 0.529. The number of nitrogens with zero attached hydrogens (tertiary/aromatic N) is 1. The molecule has 1 atom stereocenters. The van der Waals surface area contributed by atoms with Gasteiger partial charge < -0.3 is 20.1 Å². The lowest BCUT2D eigenvalue weighted by Crippen LogP contribution is -2.48. The van der Waals surface area contributed by atoms with E-state index in [-0.39, 0.29) is 13.2 Å². The van der Waals surface area contributed by atoms with E-state index in [1.807, 2.05) is 30.3 Å². The number of aliphatic hydroxyl groups is 1. The lowest BCUT2D eigenvalue weighted by Gasteiger charge is -2.26. The van der Waals surface area contributed by atoms with Gasteiger partial charge in [0.05, 0.1) is 6.61 Å². The number of amides is 2. The number of carbonyl (C=O) groups excluding carboxylic acids is 2. The van der Waals surface area contributed by atoms with Crippen LogP contribution in [0.2, 0.25) is 0 Å². The molecule has 0 heterocycles. The van der Waals surface area contributed by atoms with Gasteiger partial charge in [-0.1, -0.05) is 30.3 Å². The summed E-state index contributed by atoms with van der Waals surface area (Å²) in [5, 5.41) is 11.8. The van der Waals surface area contributed by atoms with Crippen molar-refractivity contribution in [2.24, 2.45) is 0 Å². The number of nitrogens with one attached hydrogen (secondary N) is 1. The van der Waals surface area contributed by atoms with Crippen molar-refractivity contribution >= 4 is 12.0 Å². The van der Waals surface area contributed by atoms with Crippen molar-refractivity contribution in [2.45, 2.75) is 45.9 Å². The van der Waals surface area contributed by atoms with Gasteiger partial charge in [-0.3, -0.25) is 0 Å². The maximum absolute atomic E-state index is 12.3. The Labute approximate surface area is 137 Å². The summed E-state index contributed by atoms with van der Waals surface area (Å²) in [6, 6.07) is 8.27. The summed E-state index contributed by atoms with van der Waals surface area (Å²) in [5.74, 6) is -0.491. The molecule has 0 radical (unpaired) electrons. The van der Waals surface area contributed by atoms with Crippen LogP contribution in [0.25, 0.3) is 0 Å². The predicted molar refractivity (Wildman–Crippen MR) is 87.8 cm³/mol. The first kappa shape index (κ1) is 19.0. The van der Waals surface area contributed by atoms with Gasteiger partial charge in [0, 0.05) is 13.1 Å². The average molecular weight is 322 g/mol. The molecule has 128 valence electrons. The number of esters is 1. The number of rotatable bonds is 6. The minimum Gasteiger partial charge on any atom is -0.458 e. The van der Waals surface area contributed by atoms with Crippen LogP contribution in [-0.4, -0.2) is 46.8 Å². The van der Waals surface area contributed by atoms with Crippen molar-refractivity contribution in [1.29, 1.82) is 0 Å². The Balaban J connectivity index is 2.65. The second kappa shape index (κ2) is 8.53. The van der Waals surface area contributed by atoms with Crippen molar-refractivity contribution in [3.8, 4) is 0 Å². The molecule has 0 aliphatic rings. The highest BCUT2D eigenvalue weighted by Gasteiger charge is 2.24. The summed E-state index contributed by atoms with van der Waals surface area (Å²) in [7, 11) is 0. The summed E-state index contributed by atoms with van der Waals surface area (Å²) in [5.41, 5.74) is 0.339. The zero-order valence-electron chi connectivity index (χ0n) is 14.2. The Morgan fingerprint density at radius 1 is 1.26 bits per heavy atom. The van der Waals surface area contributed by atoms with Crippen LogP contribution in [0.5, 0.6) is 0 Å². The molecule has 0 spiro atoms. The topological polar surface area (TPSA) is 78.9 Å². The molecule has 1 aromatic rings.